The average molecular weight is 218 g/mol. The van der Waals surface area contributed by atoms with E-state index in [0.29, 0.717) is 6.42 Å². The SMILES string of the molecule is CC1CCC[C@@]2(CCC(F)(F)CO2)C1=O. The van der Waals surface area contributed by atoms with Gasteiger partial charge in [-0.1, -0.05) is 6.92 Å². The Kier molecular flexibility index (Phi) is 2.57. The number of Topliss-reactive ketones (excluding diaryl/α,β-unsaturated/α-hetero) is 1. The van der Waals surface area contributed by atoms with Crippen LogP contribution in [-0.2, 0) is 9.53 Å². The molecule has 1 spiro atoms. The lowest BCUT2D eigenvalue weighted by Gasteiger charge is -2.43. The quantitative estimate of drug-likeness (QED) is 0.624. The number of ketones is 1. The van der Waals surface area contributed by atoms with Crippen molar-refractivity contribution in [2.24, 2.45) is 5.92 Å². The molecule has 0 N–H and O–H groups in total. The summed E-state index contributed by atoms with van der Waals surface area (Å²) < 4.78 is 31.1. The maximum atomic E-state index is 12.9. The summed E-state index contributed by atoms with van der Waals surface area (Å²) in [7, 11) is 0. The monoisotopic (exact) mass is 218 g/mol. The van der Waals surface area contributed by atoms with Crippen LogP contribution in [0.3, 0.4) is 0 Å². The molecule has 15 heavy (non-hydrogen) atoms. The smallest absolute Gasteiger partial charge is 0.271 e. The Morgan fingerprint density at radius 1 is 1.33 bits per heavy atom. The topological polar surface area (TPSA) is 26.3 Å². The van der Waals surface area contributed by atoms with Crippen LogP contribution >= 0.6 is 0 Å². The molecule has 2 aliphatic rings. The van der Waals surface area contributed by atoms with E-state index in [-0.39, 0.29) is 24.5 Å². The summed E-state index contributed by atoms with van der Waals surface area (Å²) in [6.07, 6.45) is 2.35. The molecule has 1 aliphatic carbocycles. The van der Waals surface area contributed by atoms with Crippen LogP contribution in [0.25, 0.3) is 0 Å². The zero-order valence-corrected chi connectivity index (χ0v) is 8.89. The van der Waals surface area contributed by atoms with Crippen LogP contribution in [-0.4, -0.2) is 23.9 Å². The third-order valence-corrected chi connectivity index (χ3v) is 3.57. The summed E-state index contributed by atoms with van der Waals surface area (Å²) in [5.41, 5.74) is -0.876. The summed E-state index contributed by atoms with van der Waals surface area (Å²) in [5, 5.41) is 0. The van der Waals surface area contributed by atoms with E-state index in [2.05, 4.69) is 0 Å². The average Bonchev–Trinajstić information content (AvgIpc) is 2.19. The van der Waals surface area contributed by atoms with E-state index in [1.54, 1.807) is 0 Å². The fourth-order valence-electron chi connectivity index (χ4n) is 2.56. The van der Waals surface area contributed by atoms with Gasteiger partial charge in [-0.25, -0.2) is 8.78 Å². The normalized spacial score (nSPS) is 40.7. The molecule has 2 atom stereocenters. The predicted octanol–water partition coefficient (Wildman–Crippen LogP) is 2.56. The summed E-state index contributed by atoms with van der Waals surface area (Å²) in [5.74, 6) is -2.75. The minimum absolute atomic E-state index is 0.0317. The predicted molar refractivity (Wildman–Crippen MR) is 50.9 cm³/mol. The van der Waals surface area contributed by atoms with Gasteiger partial charge in [-0.05, 0) is 25.7 Å². The van der Waals surface area contributed by atoms with Gasteiger partial charge in [0.2, 0.25) is 0 Å². The van der Waals surface area contributed by atoms with Crippen molar-refractivity contribution >= 4 is 5.78 Å². The molecule has 0 bridgehead atoms. The van der Waals surface area contributed by atoms with Gasteiger partial charge in [0, 0.05) is 12.3 Å². The van der Waals surface area contributed by atoms with Crippen molar-refractivity contribution < 1.29 is 18.3 Å². The van der Waals surface area contributed by atoms with Gasteiger partial charge in [0.25, 0.3) is 5.92 Å². The third kappa shape index (κ3) is 1.92. The third-order valence-electron chi connectivity index (χ3n) is 3.57. The molecule has 1 saturated carbocycles. The number of hydrogen-bond donors (Lipinski definition) is 0. The Morgan fingerprint density at radius 2 is 2.07 bits per heavy atom. The van der Waals surface area contributed by atoms with E-state index in [1.807, 2.05) is 6.92 Å². The summed E-state index contributed by atoms with van der Waals surface area (Å²) in [6.45, 7) is 1.27. The van der Waals surface area contributed by atoms with Crippen LogP contribution in [0.5, 0.6) is 0 Å². The second kappa shape index (κ2) is 3.51. The summed E-state index contributed by atoms with van der Waals surface area (Å²) in [6, 6.07) is 0. The molecule has 1 aliphatic heterocycles. The first-order chi connectivity index (χ1) is 6.95. The van der Waals surface area contributed by atoms with Gasteiger partial charge in [-0.3, -0.25) is 4.79 Å². The van der Waals surface area contributed by atoms with Gasteiger partial charge < -0.3 is 4.74 Å². The molecule has 0 aromatic carbocycles. The number of alkyl halides is 2. The number of rotatable bonds is 0. The van der Waals surface area contributed by atoms with Crippen LogP contribution < -0.4 is 0 Å². The molecule has 0 aromatic heterocycles. The zero-order valence-electron chi connectivity index (χ0n) is 8.89. The molecule has 2 nitrogen and oxygen atoms in total. The van der Waals surface area contributed by atoms with Crippen molar-refractivity contribution in [3.8, 4) is 0 Å². The number of hydrogen-bond acceptors (Lipinski definition) is 2. The first-order valence-electron chi connectivity index (χ1n) is 5.51. The van der Waals surface area contributed by atoms with Crippen molar-refractivity contribution in [2.45, 2.75) is 50.6 Å². The molecule has 1 saturated heterocycles. The van der Waals surface area contributed by atoms with Gasteiger partial charge in [0.05, 0.1) is 0 Å². The molecule has 1 unspecified atom stereocenters. The minimum atomic E-state index is -2.74. The van der Waals surface area contributed by atoms with E-state index < -0.39 is 18.1 Å². The second-order valence-electron chi connectivity index (χ2n) is 4.80. The minimum Gasteiger partial charge on any atom is -0.361 e. The van der Waals surface area contributed by atoms with Gasteiger partial charge in [0.15, 0.2) is 5.78 Å². The lowest BCUT2D eigenvalue weighted by Crippen LogP contribution is -2.53. The number of halogens is 2. The molecular weight excluding hydrogens is 202 g/mol. The lowest BCUT2D eigenvalue weighted by molar-refractivity contribution is -0.200. The molecule has 0 amide bonds. The first kappa shape index (κ1) is 11.0. The van der Waals surface area contributed by atoms with Crippen LogP contribution in [0.2, 0.25) is 0 Å². The highest BCUT2D eigenvalue weighted by atomic mass is 19.3. The van der Waals surface area contributed by atoms with Gasteiger partial charge in [0.1, 0.15) is 12.2 Å². The Bertz CT molecular complexity index is 266. The molecule has 0 aromatic rings. The molecular formula is C11H16F2O2. The van der Waals surface area contributed by atoms with Crippen LogP contribution in [0.1, 0.15) is 39.0 Å². The van der Waals surface area contributed by atoms with Crippen molar-refractivity contribution in [1.82, 2.24) is 0 Å². The molecule has 4 heteroatoms. The van der Waals surface area contributed by atoms with Crippen molar-refractivity contribution in [3.05, 3.63) is 0 Å². The molecule has 2 fully saturated rings. The highest BCUT2D eigenvalue weighted by Crippen LogP contribution is 2.42. The molecule has 1 heterocycles. The van der Waals surface area contributed by atoms with E-state index in [4.69, 9.17) is 4.74 Å². The van der Waals surface area contributed by atoms with Gasteiger partial charge in [-0.15, -0.1) is 0 Å². The second-order valence-corrected chi connectivity index (χ2v) is 4.80. The molecule has 0 radical (unpaired) electrons. The summed E-state index contributed by atoms with van der Waals surface area (Å²) in [4.78, 5) is 11.9. The van der Waals surface area contributed by atoms with Crippen molar-refractivity contribution in [3.63, 3.8) is 0 Å². The Morgan fingerprint density at radius 3 is 2.67 bits per heavy atom. The number of ether oxygens (including phenoxy) is 1. The maximum absolute atomic E-state index is 12.9. The lowest BCUT2D eigenvalue weighted by atomic mass is 9.73. The molecule has 2 rings (SSSR count). The van der Waals surface area contributed by atoms with Crippen LogP contribution in [0.15, 0.2) is 0 Å². The van der Waals surface area contributed by atoms with E-state index >= 15 is 0 Å². The fourth-order valence-corrected chi connectivity index (χ4v) is 2.56. The van der Waals surface area contributed by atoms with Gasteiger partial charge in [-0.2, -0.15) is 0 Å². The standard InChI is InChI=1S/C11H16F2O2/c1-8-3-2-4-10(9(8)14)5-6-11(12,13)7-15-10/h8H,2-7H2,1H3/t8?,10-/m1/s1. The van der Waals surface area contributed by atoms with Crippen LogP contribution in [0.4, 0.5) is 8.78 Å². The largest absolute Gasteiger partial charge is 0.361 e. The van der Waals surface area contributed by atoms with Crippen molar-refractivity contribution in [2.75, 3.05) is 6.61 Å². The van der Waals surface area contributed by atoms with E-state index in [1.165, 1.54) is 0 Å². The van der Waals surface area contributed by atoms with Gasteiger partial charge >= 0.3 is 0 Å². The van der Waals surface area contributed by atoms with E-state index in [9.17, 15) is 13.6 Å². The number of carbonyl (C=O) groups is 1. The Balaban J connectivity index is 2.11. The molecule has 86 valence electrons. The maximum Gasteiger partial charge on any atom is 0.271 e. The number of carbonyl (C=O) groups excluding carboxylic acids is 1. The zero-order chi connectivity index (χ0) is 11.1. The van der Waals surface area contributed by atoms with Crippen LogP contribution in [0, 0.1) is 5.92 Å². The van der Waals surface area contributed by atoms with E-state index in [0.717, 1.165) is 12.8 Å². The summed E-state index contributed by atoms with van der Waals surface area (Å²) >= 11 is 0. The Labute approximate surface area is 88.0 Å². The Hall–Kier alpha value is -0.510. The fraction of sp³-hybridized carbons (Fsp3) is 0.909. The first-order valence-corrected chi connectivity index (χ1v) is 5.51. The highest BCUT2D eigenvalue weighted by molar-refractivity contribution is 5.90. The van der Waals surface area contributed by atoms with Crippen molar-refractivity contribution in [1.29, 1.82) is 0 Å². The highest BCUT2D eigenvalue weighted by Gasteiger charge is 2.50.